The number of carbonyl (C=O) groups excluding carboxylic acids is 1. The molecule has 1 unspecified atom stereocenters. The van der Waals surface area contributed by atoms with Gasteiger partial charge < -0.3 is 20.5 Å². The number of hydrogen-bond acceptors (Lipinski definition) is 4. The minimum atomic E-state index is -0.444. The lowest BCUT2D eigenvalue weighted by Crippen LogP contribution is -2.33. The van der Waals surface area contributed by atoms with Gasteiger partial charge in [0.1, 0.15) is 0 Å². The van der Waals surface area contributed by atoms with Gasteiger partial charge in [0.05, 0.1) is 24.1 Å². The van der Waals surface area contributed by atoms with Crippen LogP contribution in [-0.4, -0.2) is 24.1 Å². The molecule has 114 valence electrons. The van der Waals surface area contributed by atoms with E-state index in [0.29, 0.717) is 36.8 Å². The van der Waals surface area contributed by atoms with E-state index in [4.69, 9.17) is 27.4 Å². The number of fused-ring (bicyclic) bond motifs is 1. The normalized spacial score (nSPS) is 14.9. The summed E-state index contributed by atoms with van der Waals surface area (Å²) >= 11 is 4.96. The highest BCUT2D eigenvalue weighted by molar-refractivity contribution is 7.80. The third-order valence-electron chi connectivity index (χ3n) is 3.25. The number of nitrogens with two attached hydrogens (primary N) is 1. The van der Waals surface area contributed by atoms with Gasteiger partial charge in [-0.05, 0) is 18.6 Å². The molecule has 0 spiro atoms. The van der Waals surface area contributed by atoms with E-state index in [2.05, 4.69) is 5.32 Å². The average Bonchev–Trinajstić information content (AvgIpc) is 2.69. The van der Waals surface area contributed by atoms with E-state index < -0.39 is 5.92 Å². The third kappa shape index (κ3) is 4.07. The first-order valence-electron chi connectivity index (χ1n) is 7.11. The standard InChI is InChI=1S/C15H20N2O3S/c1-2-4-11(14(16)21)15(18)17-10-5-6-12-13(9-10)20-8-3-7-19-12/h5-6,9,11H,2-4,7-8H2,1H3,(H2,16,21)(H,17,18). The van der Waals surface area contributed by atoms with E-state index >= 15 is 0 Å². The van der Waals surface area contributed by atoms with E-state index in [1.165, 1.54) is 0 Å². The maximum Gasteiger partial charge on any atom is 0.234 e. The maximum atomic E-state index is 12.2. The first kappa shape index (κ1) is 15.6. The Bertz CT molecular complexity index is 534. The third-order valence-corrected chi connectivity index (χ3v) is 3.54. The van der Waals surface area contributed by atoms with Crippen molar-refractivity contribution in [3.63, 3.8) is 0 Å². The molecule has 0 saturated carbocycles. The Morgan fingerprint density at radius 2 is 2.10 bits per heavy atom. The van der Waals surface area contributed by atoms with Crippen molar-refractivity contribution in [3.05, 3.63) is 18.2 Å². The van der Waals surface area contributed by atoms with Gasteiger partial charge in [-0.1, -0.05) is 25.6 Å². The van der Waals surface area contributed by atoms with Gasteiger partial charge in [-0.3, -0.25) is 4.79 Å². The number of hydrogen-bond donors (Lipinski definition) is 2. The zero-order valence-electron chi connectivity index (χ0n) is 12.1. The summed E-state index contributed by atoms with van der Waals surface area (Å²) in [5, 5.41) is 2.84. The highest BCUT2D eigenvalue weighted by Gasteiger charge is 2.21. The largest absolute Gasteiger partial charge is 0.490 e. The van der Waals surface area contributed by atoms with Crippen LogP contribution in [0.2, 0.25) is 0 Å². The summed E-state index contributed by atoms with van der Waals surface area (Å²) in [6.07, 6.45) is 2.33. The smallest absolute Gasteiger partial charge is 0.234 e. The summed E-state index contributed by atoms with van der Waals surface area (Å²) in [4.78, 5) is 12.5. The van der Waals surface area contributed by atoms with Crippen molar-refractivity contribution in [3.8, 4) is 11.5 Å². The molecule has 1 atom stereocenters. The maximum absolute atomic E-state index is 12.2. The van der Waals surface area contributed by atoms with Gasteiger partial charge >= 0.3 is 0 Å². The summed E-state index contributed by atoms with van der Waals surface area (Å²) in [6.45, 7) is 3.24. The molecule has 0 aliphatic carbocycles. The summed E-state index contributed by atoms with van der Waals surface area (Å²) in [5.74, 6) is 0.720. The summed E-state index contributed by atoms with van der Waals surface area (Å²) in [6, 6.07) is 5.35. The fourth-order valence-electron chi connectivity index (χ4n) is 2.16. The number of amides is 1. The topological polar surface area (TPSA) is 73.6 Å². The molecular weight excluding hydrogens is 288 g/mol. The molecule has 1 aliphatic rings. The van der Waals surface area contributed by atoms with Gasteiger partial charge in [0.2, 0.25) is 5.91 Å². The van der Waals surface area contributed by atoms with Crippen molar-refractivity contribution < 1.29 is 14.3 Å². The molecule has 1 amide bonds. The Morgan fingerprint density at radius 3 is 2.76 bits per heavy atom. The summed E-state index contributed by atoms with van der Waals surface area (Å²) < 4.78 is 11.2. The molecule has 21 heavy (non-hydrogen) atoms. The van der Waals surface area contributed by atoms with E-state index in [0.717, 1.165) is 12.8 Å². The zero-order valence-corrected chi connectivity index (χ0v) is 12.9. The highest BCUT2D eigenvalue weighted by Crippen LogP contribution is 2.32. The molecule has 0 aromatic heterocycles. The van der Waals surface area contributed by atoms with E-state index in [-0.39, 0.29) is 10.9 Å². The van der Waals surface area contributed by atoms with Crippen molar-refractivity contribution in [2.24, 2.45) is 11.7 Å². The van der Waals surface area contributed by atoms with Crippen molar-refractivity contribution in [2.45, 2.75) is 26.2 Å². The predicted octanol–water partition coefficient (Wildman–Crippen LogP) is 2.49. The lowest BCUT2D eigenvalue weighted by atomic mass is 10.0. The minimum absolute atomic E-state index is 0.182. The Morgan fingerprint density at radius 1 is 1.38 bits per heavy atom. The molecule has 0 saturated heterocycles. The molecule has 1 heterocycles. The number of nitrogens with one attached hydrogen (secondary N) is 1. The first-order chi connectivity index (χ1) is 10.1. The van der Waals surface area contributed by atoms with Gasteiger partial charge in [0.15, 0.2) is 11.5 Å². The summed E-state index contributed by atoms with van der Waals surface area (Å²) in [5.41, 5.74) is 6.29. The summed E-state index contributed by atoms with van der Waals surface area (Å²) in [7, 11) is 0. The van der Waals surface area contributed by atoms with E-state index in [1.54, 1.807) is 18.2 Å². The van der Waals surface area contributed by atoms with Gasteiger partial charge in [-0.25, -0.2) is 0 Å². The minimum Gasteiger partial charge on any atom is -0.490 e. The second kappa shape index (κ2) is 7.26. The molecule has 1 aromatic rings. The van der Waals surface area contributed by atoms with Crippen LogP contribution < -0.4 is 20.5 Å². The van der Waals surface area contributed by atoms with Crippen molar-refractivity contribution in [2.75, 3.05) is 18.5 Å². The van der Waals surface area contributed by atoms with Crippen molar-refractivity contribution in [1.82, 2.24) is 0 Å². The van der Waals surface area contributed by atoms with Crippen LogP contribution in [0.25, 0.3) is 0 Å². The molecule has 0 fully saturated rings. The Balaban J connectivity index is 2.10. The van der Waals surface area contributed by atoms with Crippen LogP contribution in [0.4, 0.5) is 5.69 Å². The molecule has 1 aliphatic heterocycles. The molecular formula is C15H20N2O3S. The van der Waals surface area contributed by atoms with Gasteiger partial charge in [0, 0.05) is 18.2 Å². The molecule has 3 N–H and O–H groups in total. The molecule has 6 heteroatoms. The number of benzene rings is 1. The number of thiocarbonyl (C=S) groups is 1. The van der Waals surface area contributed by atoms with Crippen LogP contribution in [0.15, 0.2) is 18.2 Å². The number of ether oxygens (including phenoxy) is 2. The Kier molecular flexibility index (Phi) is 5.38. The van der Waals surface area contributed by atoms with Gasteiger partial charge in [-0.2, -0.15) is 0 Å². The number of anilines is 1. The quantitative estimate of drug-likeness (QED) is 0.818. The first-order valence-corrected chi connectivity index (χ1v) is 7.52. The molecule has 2 rings (SSSR count). The zero-order chi connectivity index (χ0) is 15.2. The monoisotopic (exact) mass is 308 g/mol. The number of rotatable bonds is 5. The lowest BCUT2D eigenvalue weighted by molar-refractivity contribution is -0.118. The van der Waals surface area contributed by atoms with Crippen LogP contribution in [-0.2, 0) is 4.79 Å². The van der Waals surface area contributed by atoms with Crippen molar-refractivity contribution in [1.29, 1.82) is 0 Å². The average molecular weight is 308 g/mol. The predicted molar refractivity (Wildman–Crippen MR) is 85.9 cm³/mol. The van der Waals surface area contributed by atoms with E-state index in [1.807, 2.05) is 6.92 Å². The SMILES string of the molecule is CCCC(C(=O)Nc1ccc2c(c1)OCCCO2)C(N)=S. The molecule has 1 aromatic carbocycles. The van der Waals surface area contributed by atoms with E-state index in [9.17, 15) is 4.79 Å². The van der Waals surface area contributed by atoms with Crippen LogP contribution in [0, 0.1) is 5.92 Å². The van der Waals surface area contributed by atoms with Crippen LogP contribution >= 0.6 is 12.2 Å². The number of carbonyl (C=O) groups is 1. The highest BCUT2D eigenvalue weighted by atomic mass is 32.1. The fraction of sp³-hybridized carbons (Fsp3) is 0.467. The van der Waals surface area contributed by atoms with Gasteiger partial charge in [-0.15, -0.1) is 0 Å². The molecule has 5 nitrogen and oxygen atoms in total. The second-order valence-electron chi connectivity index (χ2n) is 4.94. The van der Waals surface area contributed by atoms with Crippen LogP contribution in [0.3, 0.4) is 0 Å². The fourth-order valence-corrected chi connectivity index (χ4v) is 2.39. The lowest BCUT2D eigenvalue weighted by Gasteiger charge is -2.15. The molecule has 0 bridgehead atoms. The molecule has 0 radical (unpaired) electrons. The van der Waals surface area contributed by atoms with Crippen molar-refractivity contribution >= 4 is 28.8 Å². The van der Waals surface area contributed by atoms with Crippen LogP contribution in [0.5, 0.6) is 11.5 Å². The second-order valence-corrected chi connectivity index (χ2v) is 5.42. The van der Waals surface area contributed by atoms with Crippen LogP contribution in [0.1, 0.15) is 26.2 Å². The van der Waals surface area contributed by atoms with Gasteiger partial charge in [0.25, 0.3) is 0 Å². The Labute approximate surface area is 129 Å². The Hall–Kier alpha value is -1.82.